The molecule has 5 heteroatoms. The summed E-state index contributed by atoms with van der Waals surface area (Å²) < 4.78 is 5.95. The van der Waals surface area contributed by atoms with Crippen molar-refractivity contribution in [2.24, 2.45) is 0 Å². The molecule has 0 aliphatic rings. The minimum absolute atomic E-state index is 0.0430. The molecule has 27 heavy (non-hydrogen) atoms. The van der Waals surface area contributed by atoms with Crippen molar-refractivity contribution in [3.05, 3.63) is 96.1 Å². The van der Waals surface area contributed by atoms with Gasteiger partial charge >= 0.3 is 5.97 Å². The SMILES string of the molecule is C=C(Nc1cccc(C(=O)O)c1N)c1ccccc1OCc1ccccc1. The number of carbonyl (C=O) groups is 1. The summed E-state index contributed by atoms with van der Waals surface area (Å²) in [5.74, 6) is -0.403. The number of aromatic carboxylic acids is 1. The Kier molecular flexibility index (Phi) is 5.42. The van der Waals surface area contributed by atoms with E-state index < -0.39 is 5.97 Å². The lowest BCUT2D eigenvalue weighted by molar-refractivity contribution is 0.0698. The Morgan fingerprint density at radius 1 is 0.963 bits per heavy atom. The molecule has 3 aromatic rings. The van der Waals surface area contributed by atoms with Crippen LogP contribution in [-0.4, -0.2) is 11.1 Å². The van der Waals surface area contributed by atoms with E-state index in [1.807, 2.05) is 54.6 Å². The molecule has 0 amide bonds. The van der Waals surface area contributed by atoms with Gasteiger partial charge in [0.05, 0.1) is 16.9 Å². The molecule has 0 aromatic heterocycles. The van der Waals surface area contributed by atoms with Gasteiger partial charge in [0.1, 0.15) is 12.4 Å². The fraction of sp³-hybridized carbons (Fsp3) is 0.0455. The summed E-state index contributed by atoms with van der Waals surface area (Å²) in [5.41, 5.74) is 9.05. The molecule has 0 spiro atoms. The van der Waals surface area contributed by atoms with E-state index in [2.05, 4.69) is 11.9 Å². The topological polar surface area (TPSA) is 84.6 Å². The monoisotopic (exact) mass is 360 g/mol. The van der Waals surface area contributed by atoms with Crippen molar-refractivity contribution in [1.82, 2.24) is 0 Å². The molecule has 0 fully saturated rings. The standard InChI is InChI=1S/C22H20N2O3/c1-15(24-19-12-7-11-18(21(19)23)22(25)26)17-10-5-6-13-20(17)27-14-16-8-3-2-4-9-16/h2-13,24H,1,14,23H2,(H,25,26). The summed E-state index contributed by atoms with van der Waals surface area (Å²) in [6.07, 6.45) is 0. The first-order valence-electron chi connectivity index (χ1n) is 8.40. The predicted molar refractivity (Wildman–Crippen MR) is 108 cm³/mol. The number of nitrogens with one attached hydrogen (secondary N) is 1. The van der Waals surface area contributed by atoms with Gasteiger partial charge in [-0.05, 0) is 29.8 Å². The summed E-state index contributed by atoms with van der Waals surface area (Å²) in [4.78, 5) is 11.3. The van der Waals surface area contributed by atoms with Crippen LogP contribution in [0.3, 0.4) is 0 Å². The Labute approximate surface area is 157 Å². The summed E-state index contributed by atoms with van der Waals surface area (Å²) in [7, 11) is 0. The number of para-hydroxylation sites is 2. The third-order valence-electron chi connectivity index (χ3n) is 4.07. The van der Waals surface area contributed by atoms with Crippen LogP contribution >= 0.6 is 0 Å². The first kappa shape index (κ1) is 18.1. The number of anilines is 2. The van der Waals surface area contributed by atoms with Gasteiger partial charge in [-0.15, -0.1) is 0 Å². The van der Waals surface area contributed by atoms with E-state index in [0.29, 0.717) is 23.7 Å². The lowest BCUT2D eigenvalue weighted by Crippen LogP contribution is -2.07. The van der Waals surface area contributed by atoms with Gasteiger partial charge in [-0.3, -0.25) is 0 Å². The second kappa shape index (κ2) is 8.10. The average Bonchev–Trinajstić information content (AvgIpc) is 2.68. The van der Waals surface area contributed by atoms with Crippen LogP contribution < -0.4 is 15.8 Å². The van der Waals surface area contributed by atoms with Gasteiger partial charge in [0, 0.05) is 11.3 Å². The highest BCUT2D eigenvalue weighted by molar-refractivity contribution is 5.98. The van der Waals surface area contributed by atoms with Crippen LogP contribution in [0.5, 0.6) is 5.75 Å². The van der Waals surface area contributed by atoms with Crippen LogP contribution in [0.2, 0.25) is 0 Å². The number of benzene rings is 3. The minimum atomic E-state index is -1.08. The van der Waals surface area contributed by atoms with E-state index in [9.17, 15) is 9.90 Å². The summed E-state index contributed by atoms with van der Waals surface area (Å²) in [5, 5.41) is 12.3. The van der Waals surface area contributed by atoms with E-state index >= 15 is 0 Å². The molecule has 3 aromatic carbocycles. The molecule has 0 aliphatic heterocycles. The van der Waals surface area contributed by atoms with Crippen LogP contribution in [0.1, 0.15) is 21.5 Å². The first-order valence-corrected chi connectivity index (χ1v) is 8.40. The fourth-order valence-electron chi connectivity index (χ4n) is 2.67. The summed E-state index contributed by atoms with van der Waals surface area (Å²) >= 11 is 0. The Morgan fingerprint density at radius 3 is 2.37 bits per heavy atom. The Hall–Kier alpha value is -3.73. The number of ether oxygens (including phenoxy) is 1. The molecule has 0 aliphatic carbocycles. The number of rotatable bonds is 7. The molecular formula is C22H20N2O3. The van der Waals surface area contributed by atoms with Gasteiger partial charge in [0.15, 0.2) is 0 Å². The molecule has 3 rings (SSSR count). The predicted octanol–water partition coefficient (Wildman–Crippen LogP) is 4.63. The molecule has 0 bridgehead atoms. The maximum Gasteiger partial charge on any atom is 0.337 e. The van der Waals surface area contributed by atoms with Gasteiger partial charge in [-0.25, -0.2) is 4.79 Å². The number of carboxylic acids is 1. The Balaban J connectivity index is 1.80. The number of nitrogen functional groups attached to an aromatic ring is 1. The van der Waals surface area contributed by atoms with E-state index in [1.165, 1.54) is 6.07 Å². The third-order valence-corrected chi connectivity index (χ3v) is 4.07. The molecule has 4 N–H and O–H groups in total. The quantitative estimate of drug-likeness (QED) is 0.535. The Bertz CT molecular complexity index is 968. The third kappa shape index (κ3) is 4.27. The molecule has 0 unspecified atom stereocenters. The van der Waals surface area contributed by atoms with Crippen LogP contribution in [0.4, 0.5) is 11.4 Å². The zero-order valence-electron chi connectivity index (χ0n) is 14.7. The van der Waals surface area contributed by atoms with E-state index in [-0.39, 0.29) is 11.3 Å². The minimum Gasteiger partial charge on any atom is -0.488 e. The molecule has 5 nitrogen and oxygen atoms in total. The molecule has 0 radical (unpaired) electrons. The van der Waals surface area contributed by atoms with Crippen molar-refractivity contribution in [3.63, 3.8) is 0 Å². The number of hydrogen-bond donors (Lipinski definition) is 3. The highest BCUT2D eigenvalue weighted by atomic mass is 16.5. The highest BCUT2D eigenvalue weighted by Crippen LogP contribution is 2.30. The van der Waals surface area contributed by atoms with Crippen molar-refractivity contribution in [2.45, 2.75) is 6.61 Å². The van der Waals surface area contributed by atoms with Crippen molar-refractivity contribution in [2.75, 3.05) is 11.1 Å². The molecule has 136 valence electrons. The van der Waals surface area contributed by atoms with Crippen LogP contribution in [-0.2, 0) is 6.61 Å². The normalized spacial score (nSPS) is 10.2. The second-order valence-electron chi connectivity index (χ2n) is 5.95. The fourth-order valence-corrected chi connectivity index (χ4v) is 2.67. The average molecular weight is 360 g/mol. The molecule has 0 heterocycles. The summed E-state index contributed by atoms with van der Waals surface area (Å²) in [6, 6.07) is 22.2. The van der Waals surface area contributed by atoms with Crippen LogP contribution in [0, 0.1) is 0 Å². The zero-order valence-corrected chi connectivity index (χ0v) is 14.7. The smallest absolute Gasteiger partial charge is 0.337 e. The highest BCUT2D eigenvalue weighted by Gasteiger charge is 2.13. The van der Waals surface area contributed by atoms with E-state index in [1.54, 1.807) is 12.1 Å². The van der Waals surface area contributed by atoms with Gasteiger partial charge in [-0.2, -0.15) is 0 Å². The van der Waals surface area contributed by atoms with Crippen LogP contribution in [0.15, 0.2) is 79.4 Å². The molecular weight excluding hydrogens is 340 g/mol. The molecule has 0 saturated carbocycles. The van der Waals surface area contributed by atoms with Crippen molar-refractivity contribution in [3.8, 4) is 5.75 Å². The van der Waals surface area contributed by atoms with Gasteiger partial charge in [-0.1, -0.05) is 55.1 Å². The van der Waals surface area contributed by atoms with Gasteiger partial charge in [0.2, 0.25) is 0 Å². The summed E-state index contributed by atoms with van der Waals surface area (Å²) in [6.45, 7) is 4.49. The lowest BCUT2D eigenvalue weighted by Gasteiger charge is -2.16. The largest absolute Gasteiger partial charge is 0.488 e. The molecule has 0 saturated heterocycles. The van der Waals surface area contributed by atoms with Gasteiger partial charge in [0.25, 0.3) is 0 Å². The van der Waals surface area contributed by atoms with Crippen molar-refractivity contribution >= 4 is 23.0 Å². The van der Waals surface area contributed by atoms with Gasteiger partial charge < -0.3 is 20.9 Å². The van der Waals surface area contributed by atoms with Crippen molar-refractivity contribution in [1.29, 1.82) is 0 Å². The maximum atomic E-state index is 11.3. The number of hydrogen-bond acceptors (Lipinski definition) is 4. The number of nitrogens with two attached hydrogens (primary N) is 1. The first-order chi connectivity index (χ1) is 13.1. The van der Waals surface area contributed by atoms with E-state index in [0.717, 1.165) is 11.1 Å². The van der Waals surface area contributed by atoms with Crippen LogP contribution in [0.25, 0.3) is 5.70 Å². The Morgan fingerprint density at radius 2 is 1.63 bits per heavy atom. The second-order valence-corrected chi connectivity index (χ2v) is 5.95. The van der Waals surface area contributed by atoms with Crippen molar-refractivity contribution < 1.29 is 14.6 Å². The lowest BCUT2D eigenvalue weighted by atomic mass is 10.1. The maximum absolute atomic E-state index is 11.3. The molecule has 0 atom stereocenters. The number of carboxylic acid groups (broad SMARTS) is 1. The zero-order chi connectivity index (χ0) is 19.2. The van der Waals surface area contributed by atoms with E-state index in [4.69, 9.17) is 10.5 Å².